The number of aromatic nitrogens is 4. The molecule has 9 nitrogen and oxygen atoms in total. The van der Waals surface area contributed by atoms with E-state index in [-0.39, 0.29) is 17.3 Å². The third-order valence-corrected chi connectivity index (χ3v) is 3.75. The van der Waals surface area contributed by atoms with Gasteiger partial charge in [0, 0.05) is 18.2 Å². The van der Waals surface area contributed by atoms with Crippen molar-refractivity contribution in [2.24, 2.45) is 0 Å². The summed E-state index contributed by atoms with van der Waals surface area (Å²) in [4.78, 5) is 42.8. The molecule has 0 aliphatic heterocycles. The van der Waals surface area contributed by atoms with E-state index in [0.717, 1.165) is 25.0 Å². The molecular weight excluding hydrogens is 312 g/mol. The monoisotopic (exact) mass is 330 g/mol. The zero-order valence-corrected chi connectivity index (χ0v) is 13.5. The molecule has 0 saturated heterocycles. The summed E-state index contributed by atoms with van der Waals surface area (Å²) in [5.41, 5.74) is 1.88. The summed E-state index contributed by atoms with van der Waals surface area (Å²) in [6.45, 7) is 3.81. The number of aromatic amines is 1. The molecule has 2 amide bonds. The lowest BCUT2D eigenvalue weighted by Gasteiger charge is -2.09. The van der Waals surface area contributed by atoms with Gasteiger partial charge in [-0.05, 0) is 33.1 Å². The summed E-state index contributed by atoms with van der Waals surface area (Å²) < 4.78 is 1.33. The Morgan fingerprint density at radius 1 is 1.33 bits per heavy atom. The Bertz CT molecular complexity index is 867. The molecule has 2 heterocycles. The number of aryl methyl sites for hydroxylation is 2. The van der Waals surface area contributed by atoms with E-state index in [1.165, 1.54) is 4.68 Å². The third kappa shape index (κ3) is 2.92. The first kappa shape index (κ1) is 15.9. The van der Waals surface area contributed by atoms with E-state index in [1.807, 2.05) is 0 Å². The number of likely N-dealkylation sites (N-methyl/N-ethyl adjacent to an activating group) is 1. The molecule has 0 spiro atoms. The maximum atomic E-state index is 12.2. The Hall–Kier alpha value is -2.97. The van der Waals surface area contributed by atoms with Gasteiger partial charge in [-0.25, -0.2) is 4.98 Å². The highest BCUT2D eigenvalue weighted by atomic mass is 16.2. The smallest absolute Gasteiger partial charge is 0.314 e. The minimum atomic E-state index is -0.804. The number of carbonyl (C=O) groups excluding carboxylic acids is 2. The Labute approximate surface area is 137 Å². The molecule has 9 heteroatoms. The number of nitrogens with one attached hydrogen (secondary N) is 3. The van der Waals surface area contributed by atoms with Crippen molar-refractivity contribution in [3.63, 3.8) is 0 Å². The van der Waals surface area contributed by atoms with Crippen molar-refractivity contribution >= 4 is 17.6 Å². The summed E-state index contributed by atoms with van der Waals surface area (Å²) in [7, 11) is 0. The Morgan fingerprint density at radius 2 is 2.12 bits per heavy atom. The quantitative estimate of drug-likeness (QED) is 0.674. The predicted octanol–water partition coefficient (Wildman–Crippen LogP) is -0.173. The maximum Gasteiger partial charge on any atom is 0.314 e. The van der Waals surface area contributed by atoms with Gasteiger partial charge >= 0.3 is 11.8 Å². The summed E-state index contributed by atoms with van der Waals surface area (Å²) in [6.07, 6.45) is 2.36. The molecule has 126 valence electrons. The van der Waals surface area contributed by atoms with Crippen molar-refractivity contribution < 1.29 is 9.59 Å². The van der Waals surface area contributed by atoms with Crippen molar-refractivity contribution in [1.29, 1.82) is 0 Å². The van der Waals surface area contributed by atoms with Gasteiger partial charge in [0.1, 0.15) is 5.82 Å². The fourth-order valence-electron chi connectivity index (χ4n) is 2.69. The van der Waals surface area contributed by atoms with E-state index in [1.54, 1.807) is 19.9 Å². The van der Waals surface area contributed by atoms with Crippen molar-refractivity contribution in [3.8, 4) is 5.95 Å². The molecule has 0 atom stereocenters. The Kier molecular flexibility index (Phi) is 4.15. The van der Waals surface area contributed by atoms with E-state index in [2.05, 4.69) is 25.7 Å². The van der Waals surface area contributed by atoms with Crippen molar-refractivity contribution in [2.45, 2.75) is 33.1 Å². The molecule has 3 N–H and O–H groups in total. The van der Waals surface area contributed by atoms with Gasteiger partial charge in [-0.3, -0.25) is 19.4 Å². The lowest BCUT2D eigenvalue weighted by molar-refractivity contribution is -0.136. The summed E-state index contributed by atoms with van der Waals surface area (Å²) >= 11 is 0. The highest BCUT2D eigenvalue weighted by Crippen LogP contribution is 2.19. The number of fused-ring (bicyclic) bond motifs is 1. The lowest BCUT2D eigenvalue weighted by atomic mass is 10.3. The topological polar surface area (TPSA) is 122 Å². The molecule has 2 aromatic heterocycles. The van der Waals surface area contributed by atoms with Crippen molar-refractivity contribution in [3.05, 3.63) is 33.4 Å². The van der Waals surface area contributed by atoms with Gasteiger partial charge in [0.2, 0.25) is 5.95 Å². The van der Waals surface area contributed by atoms with Gasteiger partial charge in [0.05, 0.1) is 11.4 Å². The van der Waals surface area contributed by atoms with Gasteiger partial charge < -0.3 is 10.6 Å². The van der Waals surface area contributed by atoms with Gasteiger partial charge in [-0.15, -0.1) is 0 Å². The van der Waals surface area contributed by atoms with Crippen LogP contribution >= 0.6 is 0 Å². The average molecular weight is 330 g/mol. The first-order valence-corrected chi connectivity index (χ1v) is 7.78. The lowest BCUT2D eigenvalue weighted by Crippen LogP contribution is -2.35. The summed E-state index contributed by atoms with van der Waals surface area (Å²) in [5, 5.41) is 9.15. The molecule has 1 aliphatic carbocycles. The molecule has 0 unspecified atom stereocenters. The second kappa shape index (κ2) is 6.26. The minimum Gasteiger partial charge on any atom is -0.348 e. The maximum absolute atomic E-state index is 12.2. The van der Waals surface area contributed by atoms with E-state index < -0.39 is 11.8 Å². The summed E-state index contributed by atoms with van der Waals surface area (Å²) in [5.74, 6) is -1.05. The molecule has 0 aromatic carbocycles. The zero-order valence-electron chi connectivity index (χ0n) is 13.5. The number of H-pyrrole nitrogens is 1. The normalized spacial score (nSPS) is 12.8. The summed E-state index contributed by atoms with van der Waals surface area (Å²) in [6, 6.07) is 1.60. The van der Waals surface area contributed by atoms with Crippen LogP contribution < -0.4 is 16.2 Å². The van der Waals surface area contributed by atoms with Crippen LogP contribution in [0.2, 0.25) is 0 Å². The minimum absolute atomic E-state index is 0.193. The standard InChI is InChI=1S/C15H18N6O3/c1-3-16-13(23)14(24)18-11-7-8(2)20-21(11)15-17-10-6-4-5-9(10)12(22)19-15/h7H,3-6H2,1-2H3,(H,16,23)(H,18,24)(H,17,19,22). The van der Waals surface area contributed by atoms with Crippen LogP contribution in [0, 0.1) is 6.92 Å². The average Bonchev–Trinajstić information content (AvgIpc) is 3.14. The number of hydrogen-bond acceptors (Lipinski definition) is 5. The number of rotatable bonds is 3. The zero-order chi connectivity index (χ0) is 17.3. The highest BCUT2D eigenvalue weighted by Gasteiger charge is 2.21. The molecule has 0 radical (unpaired) electrons. The molecule has 24 heavy (non-hydrogen) atoms. The molecule has 3 rings (SSSR count). The molecule has 0 bridgehead atoms. The Balaban J connectivity index is 1.95. The van der Waals surface area contributed by atoms with Crippen molar-refractivity contribution in [2.75, 3.05) is 11.9 Å². The van der Waals surface area contributed by atoms with Gasteiger partial charge in [0.25, 0.3) is 5.56 Å². The SMILES string of the molecule is CCNC(=O)C(=O)Nc1cc(C)nn1-c1nc2c(c(=O)[nH]1)CCC2. The van der Waals surface area contributed by atoms with Gasteiger partial charge in [-0.1, -0.05) is 0 Å². The molecule has 2 aromatic rings. The predicted molar refractivity (Wildman–Crippen MR) is 86.1 cm³/mol. The van der Waals surface area contributed by atoms with Crippen LogP contribution in [0.5, 0.6) is 0 Å². The van der Waals surface area contributed by atoms with Crippen LogP contribution in [0.25, 0.3) is 5.95 Å². The highest BCUT2D eigenvalue weighted by molar-refractivity contribution is 6.39. The van der Waals surface area contributed by atoms with Crippen molar-refractivity contribution in [1.82, 2.24) is 25.1 Å². The first-order chi connectivity index (χ1) is 11.5. The number of anilines is 1. The second-order valence-corrected chi connectivity index (χ2v) is 5.56. The Morgan fingerprint density at radius 3 is 2.88 bits per heavy atom. The fraction of sp³-hybridized carbons (Fsp3) is 0.400. The molecule has 1 aliphatic rings. The van der Waals surface area contributed by atoms with E-state index in [4.69, 9.17) is 0 Å². The van der Waals surface area contributed by atoms with Gasteiger partial charge in [-0.2, -0.15) is 9.78 Å². The first-order valence-electron chi connectivity index (χ1n) is 7.78. The van der Waals surface area contributed by atoms with Crippen LogP contribution in [0.1, 0.15) is 30.3 Å². The number of amides is 2. The fourth-order valence-corrected chi connectivity index (χ4v) is 2.69. The third-order valence-electron chi connectivity index (χ3n) is 3.75. The molecule has 0 saturated carbocycles. The van der Waals surface area contributed by atoms with Crippen LogP contribution in [0.15, 0.2) is 10.9 Å². The second-order valence-electron chi connectivity index (χ2n) is 5.56. The van der Waals surface area contributed by atoms with Crippen LogP contribution in [-0.2, 0) is 22.4 Å². The van der Waals surface area contributed by atoms with E-state index in [0.29, 0.717) is 17.8 Å². The van der Waals surface area contributed by atoms with E-state index in [9.17, 15) is 14.4 Å². The largest absolute Gasteiger partial charge is 0.348 e. The number of carbonyl (C=O) groups is 2. The molecular formula is C15H18N6O3. The van der Waals surface area contributed by atoms with Gasteiger partial charge in [0.15, 0.2) is 0 Å². The van der Waals surface area contributed by atoms with Crippen LogP contribution in [-0.4, -0.2) is 38.1 Å². The van der Waals surface area contributed by atoms with E-state index >= 15 is 0 Å². The number of nitrogens with zero attached hydrogens (tertiary/aromatic N) is 3. The number of hydrogen-bond donors (Lipinski definition) is 3. The van der Waals surface area contributed by atoms with Crippen LogP contribution in [0.3, 0.4) is 0 Å². The van der Waals surface area contributed by atoms with Crippen LogP contribution in [0.4, 0.5) is 5.82 Å². The molecule has 0 fully saturated rings.